The maximum Gasteiger partial charge on any atom is 0.151 e. The average molecular weight is 275 g/mol. The topological polar surface area (TPSA) is 34.1 Å². The fourth-order valence-corrected chi connectivity index (χ4v) is 2.85. The van der Waals surface area contributed by atoms with Crippen molar-refractivity contribution in [1.29, 1.82) is 0 Å². The summed E-state index contributed by atoms with van der Waals surface area (Å²) < 4.78 is 22.6. The highest BCUT2D eigenvalue weighted by atomic mass is 35.5. The summed E-state index contributed by atoms with van der Waals surface area (Å²) in [6, 6.07) is 5.72. The van der Waals surface area contributed by atoms with Crippen molar-refractivity contribution in [3.8, 4) is 0 Å². The normalized spacial score (nSPS) is 12.8. The monoisotopic (exact) mass is 274 g/mol. The molecule has 0 spiro atoms. The van der Waals surface area contributed by atoms with Crippen LogP contribution in [0.25, 0.3) is 0 Å². The summed E-state index contributed by atoms with van der Waals surface area (Å²) in [7, 11) is -2.99. The first-order valence-corrected chi connectivity index (χ1v) is 8.09. The maximum absolute atomic E-state index is 11.3. The number of halogens is 1. The van der Waals surface area contributed by atoms with Gasteiger partial charge in [0, 0.05) is 12.1 Å². The highest BCUT2D eigenvalue weighted by Crippen LogP contribution is 2.28. The van der Waals surface area contributed by atoms with E-state index in [1.165, 1.54) is 6.26 Å². The van der Waals surface area contributed by atoms with Crippen LogP contribution in [0.3, 0.4) is 0 Å². The molecule has 2 nitrogen and oxygen atoms in total. The molecule has 0 heterocycles. The number of rotatable bonds is 3. The van der Waals surface area contributed by atoms with Crippen LogP contribution >= 0.6 is 11.6 Å². The van der Waals surface area contributed by atoms with Crippen molar-refractivity contribution in [2.45, 2.75) is 37.8 Å². The predicted molar refractivity (Wildman–Crippen MR) is 73.2 cm³/mol. The summed E-state index contributed by atoms with van der Waals surface area (Å²) in [5.74, 6) is 0.532. The SMILES string of the molecule is CC(C)(C)c1cc(CS(C)(=O)=O)ccc1CCl. The van der Waals surface area contributed by atoms with Crippen molar-refractivity contribution in [2.75, 3.05) is 6.26 Å². The second kappa shape index (κ2) is 4.99. The van der Waals surface area contributed by atoms with Crippen LogP contribution in [-0.4, -0.2) is 14.7 Å². The van der Waals surface area contributed by atoms with Gasteiger partial charge in [0.2, 0.25) is 0 Å². The van der Waals surface area contributed by atoms with E-state index in [0.717, 1.165) is 16.7 Å². The lowest BCUT2D eigenvalue weighted by Gasteiger charge is -2.23. The molecule has 0 unspecified atom stereocenters. The van der Waals surface area contributed by atoms with Crippen molar-refractivity contribution in [3.05, 3.63) is 34.9 Å². The van der Waals surface area contributed by atoms with Crippen LogP contribution in [0.4, 0.5) is 0 Å². The largest absolute Gasteiger partial charge is 0.229 e. The average Bonchev–Trinajstić information content (AvgIpc) is 2.13. The van der Waals surface area contributed by atoms with Gasteiger partial charge in [-0.1, -0.05) is 39.0 Å². The van der Waals surface area contributed by atoms with Crippen LogP contribution in [-0.2, 0) is 26.9 Å². The van der Waals surface area contributed by atoms with Gasteiger partial charge in [0.1, 0.15) is 0 Å². The lowest BCUT2D eigenvalue weighted by molar-refractivity contribution is 0.583. The molecule has 96 valence electrons. The van der Waals surface area contributed by atoms with Gasteiger partial charge in [-0.15, -0.1) is 11.6 Å². The second-order valence-electron chi connectivity index (χ2n) is 5.45. The molecule has 17 heavy (non-hydrogen) atoms. The van der Waals surface area contributed by atoms with E-state index in [-0.39, 0.29) is 11.2 Å². The number of sulfone groups is 1. The fraction of sp³-hybridized carbons (Fsp3) is 0.538. The third-order valence-corrected chi connectivity index (χ3v) is 3.70. The van der Waals surface area contributed by atoms with Crippen molar-refractivity contribution in [2.24, 2.45) is 0 Å². The van der Waals surface area contributed by atoms with Crippen molar-refractivity contribution in [3.63, 3.8) is 0 Å². The molecule has 0 aromatic heterocycles. The zero-order chi connectivity index (χ0) is 13.3. The molecule has 0 aliphatic carbocycles. The molecule has 0 aliphatic heterocycles. The van der Waals surface area contributed by atoms with Gasteiger partial charge in [0.25, 0.3) is 0 Å². The van der Waals surface area contributed by atoms with Gasteiger partial charge in [0.15, 0.2) is 9.84 Å². The molecular weight excluding hydrogens is 256 g/mol. The predicted octanol–water partition coefficient (Wildman–Crippen LogP) is 3.27. The summed E-state index contributed by atoms with van der Waals surface area (Å²) in [5, 5.41) is 0. The number of hydrogen-bond donors (Lipinski definition) is 0. The van der Waals surface area contributed by atoms with E-state index in [4.69, 9.17) is 11.6 Å². The lowest BCUT2D eigenvalue weighted by Crippen LogP contribution is -2.15. The first kappa shape index (κ1) is 14.5. The molecule has 0 saturated carbocycles. The Morgan fingerprint density at radius 3 is 2.24 bits per heavy atom. The standard InChI is InChI=1S/C13H19ClO2S/c1-13(2,3)12-7-10(9-17(4,15)16)5-6-11(12)8-14/h5-7H,8-9H2,1-4H3. The third kappa shape index (κ3) is 4.32. The molecule has 1 aromatic carbocycles. The van der Waals surface area contributed by atoms with Gasteiger partial charge >= 0.3 is 0 Å². The number of alkyl halides is 1. The van der Waals surface area contributed by atoms with Gasteiger partial charge in [-0.3, -0.25) is 0 Å². The van der Waals surface area contributed by atoms with Gasteiger partial charge < -0.3 is 0 Å². The Bertz CT molecular complexity index is 499. The van der Waals surface area contributed by atoms with Crippen LogP contribution in [0, 0.1) is 0 Å². The second-order valence-corrected chi connectivity index (χ2v) is 7.85. The van der Waals surface area contributed by atoms with E-state index in [1.807, 2.05) is 18.2 Å². The first-order valence-electron chi connectivity index (χ1n) is 5.49. The summed E-state index contributed by atoms with van der Waals surface area (Å²) in [4.78, 5) is 0. The van der Waals surface area contributed by atoms with Crippen LogP contribution < -0.4 is 0 Å². The van der Waals surface area contributed by atoms with Crippen molar-refractivity contribution < 1.29 is 8.42 Å². The maximum atomic E-state index is 11.3. The Balaban J connectivity index is 3.23. The molecule has 4 heteroatoms. The summed E-state index contributed by atoms with van der Waals surface area (Å²) in [6.45, 7) is 6.30. The van der Waals surface area contributed by atoms with Gasteiger partial charge in [-0.2, -0.15) is 0 Å². The van der Waals surface area contributed by atoms with Crippen LogP contribution in [0.5, 0.6) is 0 Å². The Labute approximate surface area is 109 Å². The summed E-state index contributed by atoms with van der Waals surface area (Å²) in [6.07, 6.45) is 1.25. The van der Waals surface area contributed by atoms with Gasteiger partial charge in [-0.25, -0.2) is 8.42 Å². The fourth-order valence-electron chi connectivity index (χ4n) is 1.83. The van der Waals surface area contributed by atoms with Crippen molar-refractivity contribution in [1.82, 2.24) is 0 Å². The smallest absolute Gasteiger partial charge is 0.151 e. The minimum atomic E-state index is -2.99. The molecule has 0 saturated heterocycles. The van der Waals surface area contributed by atoms with E-state index < -0.39 is 9.84 Å². The molecule has 0 bridgehead atoms. The van der Waals surface area contributed by atoms with Crippen molar-refractivity contribution >= 4 is 21.4 Å². The van der Waals surface area contributed by atoms with E-state index in [0.29, 0.717) is 5.88 Å². The lowest BCUT2D eigenvalue weighted by atomic mass is 9.83. The minimum Gasteiger partial charge on any atom is -0.229 e. The van der Waals surface area contributed by atoms with Crippen LogP contribution in [0.2, 0.25) is 0 Å². The van der Waals surface area contributed by atoms with Gasteiger partial charge in [0.05, 0.1) is 5.75 Å². The molecule has 0 radical (unpaired) electrons. The molecule has 0 atom stereocenters. The quantitative estimate of drug-likeness (QED) is 0.793. The summed E-state index contributed by atoms with van der Waals surface area (Å²) >= 11 is 5.91. The highest BCUT2D eigenvalue weighted by molar-refractivity contribution is 7.89. The molecule has 1 rings (SSSR count). The third-order valence-electron chi connectivity index (χ3n) is 2.56. The highest BCUT2D eigenvalue weighted by Gasteiger charge is 2.18. The Morgan fingerprint density at radius 1 is 1.24 bits per heavy atom. The Kier molecular flexibility index (Phi) is 4.26. The minimum absolute atomic E-state index is 0.0300. The molecule has 0 amide bonds. The van der Waals surface area contributed by atoms with E-state index in [1.54, 1.807) is 0 Å². The van der Waals surface area contributed by atoms with E-state index >= 15 is 0 Å². The van der Waals surface area contributed by atoms with Crippen LogP contribution in [0.15, 0.2) is 18.2 Å². The Morgan fingerprint density at radius 2 is 1.82 bits per heavy atom. The zero-order valence-corrected chi connectivity index (χ0v) is 12.3. The number of hydrogen-bond acceptors (Lipinski definition) is 2. The van der Waals surface area contributed by atoms with E-state index in [2.05, 4.69) is 20.8 Å². The molecule has 0 fully saturated rings. The summed E-state index contributed by atoms with van der Waals surface area (Å²) in [5.41, 5.74) is 2.98. The molecule has 0 aliphatic rings. The molecule has 1 aromatic rings. The first-order chi connectivity index (χ1) is 7.63. The van der Waals surface area contributed by atoms with Gasteiger partial charge in [-0.05, 0) is 22.1 Å². The number of benzene rings is 1. The Hall–Kier alpha value is -0.540. The molecule has 0 N–H and O–H groups in total. The zero-order valence-electron chi connectivity index (χ0n) is 10.7. The molecular formula is C13H19ClO2S. The van der Waals surface area contributed by atoms with E-state index in [9.17, 15) is 8.42 Å². The van der Waals surface area contributed by atoms with Crippen LogP contribution in [0.1, 0.15) is 37.5 Å².